The Hall–Kier alpha value is -3.16. The van der Waals surface area contributed by atoms with Crippen LogP contribution in [0.4, 0.5) is 18.9 Å². The fourth-order valence-electron chi connectivity index (χ4n) is 5.75. The molecule has 2 amide bonds. The molecule has 4 rings (SSSR count). The quantitative estimate of drug-likeness (QED) is 0.288. The van der Waals surface area contributed by atoms with Crippen molar-refractivity contribution < 1.29 is 45.8 Å². The summed E-state index contributed by atoms with van der Waals surface area (Å²) in [4.78, 5) is 36.2. The Morgan fingerprint density at radius 3 is 2.27 bits per heavy atom. The van der Waals surface area contributed by atoms with Gasteiger partial charge in [-0.3, -0.25) is 14.4 Å². The number of esters is 1. The molecule has 14 heteroatoms. The second kappa shape index (κ2) is 12.0. The Morgan fingerprint density at radius 1 is 1.07 bits per heavy atom. The highest BCUT2D eigenvalue weighted by molar-refractivity contribution is 7.92. The third kappa shape index (κ3) is 6.36. The first-order chi connectivity index (χ1) is 19.3. The van der Waals surface area contributed by atoms with Crippen LogP contribution in [0.3, 0.4) is 0 Å². The van der Waals surface area contributed by atoms with Gasteiger partial charge in [0, 0.05) is 29.9 Å². The largest absolute Gasteiger partial charge is 0.469 e. The van der Waals surface area contributed by atoms with Gasteiger partial charge in [0.2, 0.25) is 5.91 Å². The third-order valence-corrected chi connectivity index (χ3v) is 10.5. The molecule has 0 aromatic heterocycles. The van der Waals surface area contributed by atoms with E-state index < -0.39 is 67.8 Å². The minimum Gasteiger partial charge on any atom is -0.469 e. The number of amides is 2. The summed E-state index contributed by atoms with van der Waals surface area (Å²) in [5.41, 5.74) is -1.95. The first-order valence-electron chi connectivity index (χ1n) is 12.8. The average Bonchev–Trinajstić information content (AvgIpc) is 3.07. The van der Waals surface area contributed by atoms with Crippen molar-refractivity contribution in [2.75, 3.05) is 19.0 Å². The summed E-state index contributed by atoms with van der Waals surface area (Å²) in [6.45, 7) is 0.0430. The summed E-state index contributed by atoms with van der Waals surface area (Å²) in [6, 6.07) is 4.67. The average molecular weight is 617 g/mol. The fraction of sp³-hybridized carbons (Fsp3) is 0.444. The van der Waals surface area contributed by atoms with Crippen LogP contribution in [0.25, 0.3) is 0 Å². The Balaban J connectivity index is 1.48. The van der Waals surface area contributed by atoms with E-state index in [1.54, 1.807) is 0 Å². The standard InChI is InChI=1S/C27H28ClF3N2O7S/c1-40-24(35)6-7-32-23(34)13-27(37)15-3-4-16(27)10-18(9-15)41(38,39)22-8-14(2-5-19(22)28)26(36)33-17-11-20(29)25(31)21(30)12-17/h2,5,8,11-12,15-16,18,37H,3-4,6-7,9-10,13H2,1H3,(H,32,34)(H,33,36)/t15-,16?,18?,27?/m0/s1. The van der Waals surface area contributed by atoms with Gasteiger partial charge >= 0.3 is 5.97 Å². The SMILES string of the molecule is COC(=O)CCNC(=O)CC1(O)C2CC[C@H]1CC(S(=O)(=O)c1cc(C(=O)Nc3cc(F)c(F)c(F)c3)ccc1Cl)C2. The van der Waals surface area contributed by atoms with Crippen molar-refractivity contribution >= 4 is 44.9 Å². The molecule has 2 saturated carbocycles. The molecule has 2 aromatic carbocycles. The molecule has 2 aliphatic rings. The number of hydrogen-bond acceptors (Lipinski definition) is 7. The van der Waals surface area contributed by atoms with Gasteiger partial charge in [-0.05, 0) is 55.7 Å². The van der Waals surface area contributed by atoms with Gasteiger partial charge in [-0.25, -0.2) is 21.6 Å². The van der Waals surface area contributed by atoms with Crippen molar-refractivity contribution in [3.8, 4) is 0 Å². The lowest BCUT2D eigenvalue weighted by Crippen LogP contribution is -2.50. The fourth-order valence-corrected chi connectivity index (χ4v) is 8.15. The van der Waals surface area contributed by atoms with Crippen molar-refractivity contribution in [1.82, 2.24) is 5.32 Å². The summed E-state index contributed by atoms with van der Waals surface area (Å²) >= 11 is 6.23. The van der Waals surface area contributed by atoms with E-state index in [-0.39, 0.29) is 53.4 Å². The van der Waals surface area contributed by atoms with E-state index in [2.05, 4.69) is 15.4 Å². The van der Waals surface area contributed by atoms with Crippen LogP contribution in [0.2, 0.25) is 5.02 Å². The van der Waals surface area contributed by atoms with Crippen LogP contribution in [-0.4, -0.2) is 55.8 Å². The Labute approximate surface area is 239 Å². The number of aliphatic hydroxyl groups is 1. The van der Waals surface area contributed by atoms with Crippen LogP contribution >= 0.6 is 11.6 Å². The number of rotatable bonds is 9. The molecule has 3 unspecified atom stereocenters. The van der Waals surface area contributed by atoms with Gasteiger partial charge in [-0.15, -0.1) is 0 Å². The van der Waals surface area contributed by atoms with E-state index in [9.17, 15) is 41.1 Å². The number of carbonyl (C=O) groups excluding carboxylic acids is 3. The van der Waals surface area contributed by atoms with Gasteiger partial charge in [0.15, 0.2) is 27.3 Å². The lowest BCUT2D eigenvalue weighted by atomic mass is 9.72. The molecule has 0 saturated heterocycles. The van der Waals surface area contributed by atoms with Crippen molar-refractivity contribution in [1.29, 1.82) is 0 Å². The van der Waals surface area contributed by atoms with Crippen LogP contribution < -0.4 is 10.6 Å². The Bertz CT molecular complexity index is 1450. The number of ether oxygens (including phenoxy) is 1. The third-order valence-electron chi connectivity index (χ3n) is 7.88. The van der Waals surface area contributed by atoms with Crippen molar-refractivity contribution in [3.05, 3.63) is 58.4 Å². The predicted octanol–water partition coefficient (Wildman–Crippen LogP) is 3.77. The minimum atomic E-state index is -4.12. The first kappa shape index (κ1) is 30.8. The zero-order valence-corrected chi connectivity index (χ0v) is 23.5. The molecule has 9 nitrogen and oxygen atoms in total. The van der Waals surface area contributed by atoms with Gasteiger partial charge in [0.05, 0.1) is 40.7 Å². The summed E-state index contributed by atoms with van der Waals surface area (Å²) < 4.78 is 72.2. The van der Waals surface area contributed by atoms with Crippen LogP contribution in [0, 0.1) is 29.3 Å². The van der Waals surface area contributed by atoms with Crippen molar-refractivity contribution in [2.45, 2.75) is 54.3 Å². The molecule has 2 aliphatic carbocycles. The second-order valence-electron chi connectivity index (χ2n) is 10.3. The van der Waals surface area contributed by atoms with Crippen LogP contribution in [0.5, 0.6) is 0 Å². The molecule has 222 valence electrons. The lowest BCUT2D eigenvalue weighted by molar-refractivity contribution is -0.140. The molecule has 2 bridgehead atoms. The minimum absolute atomic E-state index is 0.0244. The predicted molar refractivity (Wildman–Crippen MR) is 141 cm³/mol. The van der Waals surface area contributed by atoms with Gasteiger partial charge in [0.1, 0.15) is 0 Å². The lowest BCUT2D eigenvalue weighted by Gasteiger charge is -2.42. The summed E-state index contributed by atoms with van der Waals surface area (Å²) in [6.07, 6.45) is 0.894. The molecular formula is C27H28ClF3N2O7S. The van der Waals surface area contributed by atoms with Gasteiger partial charge in [-0.2, -0.15) is 0 Å². The molecule has 2 aromatic rings. The van der Waals surface area contributed by atoms with E-state index >= 15 is 0 Å². The summed E-state index contributed by atoms with van der Waals surface area (Å²) in [7, 11) is -2.89. The normalized spacial score (nSPS) is 23.6. The van der Waals surface area contributed by atoms with Crippen molar-refractivity contribution in [3.63, 3.8) is 0 Å². The van der Waals surface area contributed by atoms with E-state index in [1.165, 1.54) is 19.2 Å². The highest BCUT2D eigenvalue weighted by Crippen LogP contribution is 2.53. The van der Waals surface area contributed by atoms with Gasteiger partial charge in [-0.1, -0.05) is 11.6 Å². The first-order valence-corrected chi connectivity index (χ1v) is 14.7. The highest BCUT2D eigenvalue weighted by Gasteiger charge is 2.56. The highest BCUT2D eigenvalue weighted by atomic mass is 35.5. The molecule has 0 aliphatic heterocycles. The molecule has 3 N–H and O–H groups in total. The van der Waals surface area contributed by atoms with Crippen LogP contribution in [0.15, 0.2) is 35.2 Å². The number of carbonyl (C=O) groups is 3. The molecular weight excluding hydrogens is 589 g/mol. The smallest absolute Gasteiger partial charge is 0.307 e. The number of nitrogens with one attached hydrogen (secondary N) is 2. The van der Waals surface area contributed by atoms with E-state index in [1.807, 2.05) is 0 Å². The zero-order valence-electron chi connectivity index (χ0n) is 21.9. The zero-order chi connectivity index (χ0) is 30.1. The number of sulfone groups is 1. The molecule has 41 heavy (non-hydrogen) atoms. The summed E-state index contributed by atoms with van der Waals surface area (Å²) in [5.74, 6) is -7.54. The maximum Gasteiger partial charge on any atom is 0.307 e. The van der Waals surface area contributed by atoms with E-state index in [0.717, 1.165) is 6.07 Å². The maximum absolute atomic E-state index is 13.7. The number of fused-ring (bicyclic) bond motifs is 2. The topological polar surface area (TPSA) is 139 Å². The second-order valence-corrected chi connectivity index (χ2v) is 12.9. The van der Waals surface area contributed by atoms with Crippen LogP contribution in [-0.2, 0) is 24.2 Å². The van der Waals surface area contributed by atoms with Gasteiger partial charge in [0.25, 0.3) is 5.91 Å². The molecule has 0 heterocycles. The summed E-state index contributed by atoms with van der Waals surface area (Å²) in [5, 5.41) is 15.1. The molecule has 0 radical (unpaired) electrons. The molecule has 2 fully saturated rings. The monoisotopic (exact) mass is 616 g/mol. The van der Waals surface area contributed by atoms with Crippen molar-refractivity contribution in [2.24, 2.45) is 11.8 Å². The molecule has 0 spiro atoms. The Kier molecular flexibility index (Phi) is 9.00. The maximum atomic E-state index is 13.7. The number of halogens is 4. The van der Waals surface area contributed by atoms with Gasteiger partial charge < -0.3 is 20.5 Å². The number of anilines is 1. The number of benzene rings is 2. The Morgan fingerprint density at radius 2 is 1.68 bits per heavy atom. The van der Waals surface area contributed by atoms with E-state index in [4.69, 9.17) is 11.6 Å². The molecule has 4 atom stereocenters. The van der Waals surface area contributed by atoms with Crippen LogP contribution in [0.1, 0.15) is 48.9 Å². The van der Waals surface area contributed by atoms with E-state index in [0.29, 0.717) is 25.0 Å². The number of hydrogen-bond donors (Lipinski definition) is 3. The number of methoxy groups -OCH3 is 1.